The zero-order valence-corrected chi connectivity index (χ0v) is 12.9. The van der Waals surface area contributed by atoms with Crippen LogP contribution in [0.1, 0.15) is 42.2 Å². The molecule has 2 fully saturated rings. The molecule has 1 aromatic rings. The number of ether oxygens (including phenoxy) is 1. The van der Waals surface area contributed by atoms with Gasteiger partial charge in [0.1, 0.15) is 11.7 Å². The smallest absolute Gasteiger partial charge is 0.328 e. The van der Waals surface area contributed by atoms with Crippen LogP contribution < -0.4 is 0 Å². The van der Waals surface area contributed by atoms with E-state index in [1.807, 2.05) is 16.8 Å². The average molecular weight is 341 g/mol. The lowest BCUT2D eigenvalue weighted by atomic mass is 10.2. The summed E-state index contributed by atoms with van der Waals surface area (Å²) in [7, 11) is 1.37. The number of halogens is 1. The van der Waals surface area contributed by atoms with E-state index in [4.69, 9.17) is 4.74 Å². The number of likely N-dealkylation sites (tertiary alicyclic amines) is 1. The largest absolute Gasteiger partial charge is 0.467 e. The van der Waals surface area contributed by atoms with Gasteiger partial charge in [0.05, 0.1) is 7.11 Å². The van der Waals surface area contributed by atoms with E-state index in [2.05, 4.69) is 15.9 Å². The van der Waals surface area contributed by atoms with Crippen LogP contribution in [0.25, 0.3) is 0 Å². The van der Waals surface area contributed by atoms with Crippen molar-refractivity contribution in [1.82, 2.24) is 9.47 Å². The van der Waals surface area contributed by atoms with Crippen molar-refractivity contribution in [3.8, 4) is 0 Å². The van der Waals surface area contributed by atoms with Gasteiger partial charge in [0.15, 0.2) is 0 Å². The number of rotatable bonds is 3. The van der Waals surface area contributed by atoms with E-state index in [1.54, 1.807) is 4.90 Å². The molecule has 3 rings (SSSR count). The number of hydrogen-bond acceptors (Lipinski definition) is 3. The molecule has 1 aromatic heterocycles. The lowest BCUT2D eigenvalue weighted by Gasteiger charge is -2.23. The summed E-state index contributed by atoms with van der Waals surface area (Å²) in [5.41, 5.74) is 0.662. The van der Waals surface area contributed by atoms with Gasteiger partial charge in [0.25, 0.3) is 5.91 Å². The van der Waals surface area contributed by atoms with Gasteiger partial charge < -0.3 is 14.2 Å². The molecular formula is C14H17BrN2O3. The van der Waals surface area contributed by atoms with Crippen LogP contribution in [-0.4, -0.2) is 41.0 Å². The number of amides is 1. The Morgan fingerprint density at radius 1 is 1.35 bits per heavy atom. The van der Waals surface area contributed by atoms with Gasteiger partial charge in [0, 0.05) is 23.3 Å². The maximum Gasteiger partial charge on any atom is 0.328 e. The van der Waals surface area contributed by atoms with E-state index in [-0.39, 0.29) is 11.9 Å². The molecule has 0 spiro atoms. The minimum absolute atomic E-state index is 0.0736. The van der Waals surface area contributed by atoms with E-state index in [0.717, 1.165) is 23.7 Å². The lowest BCUT2D eigenvalue weighted by Crippen LogP contribution is -2.41. The second kappa shape index (κ2) is 5.24. The van der Waals surface area contributed by atoms with Crippen LogP contribution in [0.2, 0.25) is 0 Å². The van der Waals surface area contributed by atoms with Gasteiger partial charge in [-0.3, -0.25) is 4.79 Å². The molecule has 1 saturated carbocycles. The van der Waals surface area contributed by atoms with Gasteiger partial charge in [-0.15, -0.1) is 0 Å². The van der Waals surface area contributed by atoms with Crippen molar-refractivity contribution in [2.24, 2.45) is 0 Å². The first-order valence-electron chi connectivity index (χ1n) is 6.88. The van der Waals surface area contributed by atoms with Crippen molar-refractivity contribution < 1.29 is 14.3 Å². The Balaban J connectivity index is 1.86. The molecule has 0 N–H and O–H groups in total. The molecule has 1 unspecified atom stereocenters. The molecule has 0 aromatic carbocycles. The Morgan fingerprint density at radius 2 is 2.10 bits per heavy atom. The monoisotopic (exact) mass is 340 g/mol. The van der Waals surface area contributed by atoms with Crippen LogP contribution in [0.4, 0.5) is 0 Å². The lowest BCUT2D eigenvalue weighted by molar-refractivity contribution is -0.145. The normalized spacial score (nSPS) is 22.1. The van der Waals surface area contributed by atoms with Crippen LogP contribution in [0, 0.1) is 0 Å². The standard InChI is InChI=1S/C14H17BrN2O3/c1-20-14(19)11-3-2-6-16(11)13(18)12-7-9(15)8-17(12)10-4-5-10/h7-8,10-11H,2-6H2,1H3. The molecule has 0 bridgehead atoms. The van der Waals surface area contributed by atoms with Gasteiger partial charge in [0.2, 0.25) is 0 Å². The molecule has 5 nitrogen and oxygen atoms in total. The van der Waals surface area contributed by atoms with Crippen LogP contribution in [0.3, 0.4) is 0 Å². The van der Waals surface area contributed by atoms with Gasteiger partial charge in [-0.25, -0.2) is 4.79 Å². The van der Waals surface area contributed by atoms with Gasteiger partial charge in [-0.2, -0.15) is 0 Å². The minimum Gasteiger partial charge on any atom is -0.467 e. The average Bonchev–Trinajstić information content (AvgIpc) is 3.03. The topological polar surface area (TPSA) is 51.5 Å². The number of carbonyl (C=O) groups is 2. The van der Waals surface area contributed by atoms with Crippen molar-refractivity contribution in [3.63, 3.8) is 0 Å². The third-order valence-corrected chi connectivity index (χ3v) is 4.40. The number of esters is 1. The van der Waals surface area contributed by atoms with Crippen molar-refractivity contribution in [2.45, 2.75) is 37.8 Å². The maximum absolute atomic E-state index is 12.7. The Labute approximate surface area is 126 Å². The molecule has 6 heteroatoms. The van der Waals surface area contributed by atoms with Crippen LogP contribution in [0.5, 0.6) is 0 Å². The van der Waals surface area contributed by atoms with Crippen molar-refractivity contribution >= 4 is 27.8 Å². The fraction of sp³-hybridized carbons (Fsp3) is 0.571. The zero-order chi connectivity index (χ0) is 14.3. The fourth-order valence-electron chi connectivity index (χ4n) is 2.81. The summed E-state index contributed by atoms with van der Waals surface area (Å²) in [6, 6.07) is 1.83. The van der Waals surface area contributed by atoms with E-state index >= 15 is 0 Å². The zero-order valence-electron chi connectivity index (χ0n) is 11.3. The second-order valence-corrected chi connectivity index (χ2v) is 6.28. The Bertz CT molecular complexity index is 551. The third-order valence-electron chi connectivity index (χ3n) is 3.96. The number of hydrogen-bond donors (Lipinski definition) is 0. The van der Waals surface area contributed by atoms with E-state index in [9.17, 15) is 9.59 Å². The number of carbonyl (C=O) groups excluding carboxylic acids is 2. The summed E-state index contributed by atoms with van der Waals surface area (Å²) >= 11 is 3.43. The fourth-order valence-corrected chi connectivity index (χ4v) is 3.25. The van der Waals surface area contributed by atoms with Crippen LogP contribution in [0.15, 0.2) is 16.7 Å². The van der Waals surface area contributed by atoms with Crippen molar-refractivity contribution in [2.75, 3.05) is 13.7 Å². The van der Waals surface area contributed by atoms with Gasteiger partial charge >= 0.3 is 5.97 Å². The van der Waals surface area contributed by atoms with E-state index in [1.165, 1.54) is 7.11 Å². The Morgan fingerprint density at radius 3 is 2.75 bits per heavy atom. The molecule has 2 heterocycles. The molecule has 108 valence electrons. The first-order chi connectivity index (χ1) is 9.61. The highest BCUT2D eigenvalue weighted by molar-refractivity contribution is 9.10. The summed E-state index contributed by atoms with van der Waals surface area (Å²) in [5, 5.41) is 0. The maximum atomic E-state index is 12.7. The molecule has 1 amide bonds. The predicted octanol–water partition coefficient (Wildman–Crippen LogP) is 2.36. The van der Waals surface area contributed by atoms with E-state index < -0.39 is 6.04 Å². The number of methoxy groups -OCH3 is 1. The molecule has 0 radical (unpaired) electrons. The number of aromatic nitrogens is 1. The highest BCUT2D eigenvalue weighted by Gasteiger charge is 2.37. The molecule has 1 atom stereocenters. The Hall–Kier alpha value is -1.30. The molecule has 20 heavy (non-hydrogen) atoms. The molecule has 1 aliphatic carbocycles. The second-order valence-electron chi connectivity index (χ2n) is 5.36. The highest BCUT2D eigenvalue weighted by Crippen LogP contribution is 2.38. The molecule has 1 aliphatic heterocycles. The number of nitrogens with zero attached hydrogens (tertiary/aromatic N) is 2. The first-order valence-corrected chi connectivity index (χ1v) is 7.67. The predicted molar refractivity (Wildman–Crippen MR) is 76.5 cm³/mol. The molecule has 2 aliphatic rings. The first kappa shape index (κ1) is 13.7. The third kappa shape index (κ3) is 2.37. The SMILES string of the molecule is COC(=O)C1CCCN1C(=O)c1cc(Br)cn1C1CC1. The summed E-state index contributed by atoms with van der Waals surface area (Å²) in [6.45, 7) is 0.617. The van der Waals surface area contributed by atoms with Crippen LogP contribution in [-0.2, 0) is 9.53 Å². The highest BCUT2D eigenvalue weighted by atomic mass is 79.9. The van der Waals surface area contributed by atoms with Gasteiger partial charge in [-0.1, -0.05) is 0 Å². The minimum atomic E-state index is -0.436. The summed E-state index contributed by atoms with van der Waals surface area (Å²) < 4.78 is 7.73. The Kier molecular flexibility index (Phi) is 3.58. The van der Waals surface area contributed by atoms with Crippen molar-refractivity contribution in [1.29, 1.82) is 0 Å². The molecular weight excluding hydrogens is 324 g/mol. The molecule has 1 saturated heterocycles. The van der Waals surface area contributed by atoms with Crippen molar-refractivity contribution in [3.05, 3.63) is 22.4 Å². The quantitative estimate of drug-likeness (QED) is 0.793. The summed E-state index contributed by atoms with van der Waals surface area (Å²) in [4.78, 5) is 26.1. The summed E-state index contributed by atoms with van der Waals surface area (Å²) in [5.74, 6) is -0.394. The summed E-state index contributed by atoms with van der Waals surface area (Å²) in [6.07, 6.45) is 5.71. The van der Waals surface area contributed by atoms with Crippen LogP contribution >= 0.6 is 15.9 Å². The van der Waals surface area contributed by atoms with E-state index in [0.29, 0.717) is 24.7 Å². The van der Waals surface area contributed by atoms with Gasteiger partial charge in [-0.05, 0) is 47.7 Å².